The molecular weight excluding hydrogens is 182 g/mol. The Morgan fingerprint density at radius 1 is 1.43 bits per heavy atom. The number of phenols is 1. The van der Waals surface area contributed by atoms with Gasteiger partial charge in [0, 0.05) is 0 Å². The van der Waals surface area contributed by atoms with Crippen LogP contribution in [0, 0.1) is 0 Å². The van der Waals surface area contributed by atoms with Gasteiger partial charge in [-0.15, -0.1) is 0 Å². The van der Waals surface area contributed by atoms with Crippen LogP contribution >= 0.6 is 0 Å². The molecule has 2 N–H and O–H groups in total. The second-order valence-corrected chi connectivity index (χ2v) is 2.75. The molecule has 0 aliphatic rings. The molecule has 14 heavy (non-hydrogen) atoms. The third kappa shape index (κ3) is 3.45. The van der Waals surface area contributed by atoms with Gasteiger partial charge in [-0.05, 0) is 30.8 Å². The minimum Gasteiger partial charge on any atom is -0.508 e. The van der Waals surface area contributed by atoms with Crippen LogP contribution in [0.2, 0.25) is 0 Å². The number of hydrogen-bond donors (Lipinski definition) is 2. The van der Waals surface area contributed by atoms with Crippen molar-refractivity contribution in [3.63, 3.8) is 0 Å². The lowest BCUT2D eigenvalue weighted by molar-refractivity contribution is -0.133. The highest BCUT2D eigenvalue weighted by Crippen LogP contribution is 2.15. The van der Waals surface area contributed by atoms with Gasteiger partial charge in [-0.1, -0.05) is 6.92 Å². The lowest BCUT2D eigenvalue weighted by atomic mass is 10.3. The Bertz CT molecular complexity index is 295. The van der Waals surface area contributed by atoms with Crippen molar-refractivity contribution in [2.75, 3.05) is 13.1 Å². The van der Waals surface area contributed by atoms with Crippen LogP contribution in [-0.4, -0.2) is 24.2 Å². The van der Waals surface area contributed by atoms with Crippen molar-refractivity contribution in [3.8, 4) is 11.5 Å². The third-order valence-electron chi connectivity index (χ3n) is 1.59. The number of esters is 1. The zero-order valence-corrected chi connectivity index (χ0v) is 7.99. The molecule has 0 spiro atoms. The number of hydrogen-bond acceptors (Lipinski definition) is 4. The Morgan fingerprint density at radius 3 is 2.64 bits per heavy atom. The number of ether oxygens (including phenoxy) is 1. The smallest absolute Gasteiger partial charge is 0.325 e. The second kappa shape index (κ2) is 5.24. The minimum absolute atomic E-state index is 0.150. The molecule has 0 saturated heterocycles. The second-order valence-electron chi connectivity index (χ2n) is 2.75. The van der Waals surface area contributed by atoms with Crippen molar-refractivity contribution in [2.45, 2.75) is 6.92 Å². The van der Waals surface area contributed by atoms with Crippen LogP contribution in [0.25, 0.3) is 0 Å². The van der Waals surface area contributed by atoms with E-state index in [4.69, 9.17) is 9.84 Å². The highest BCUT2D eigenvalue weighted by molar-refractivity contribution is 5.74. The molecule has 1 rings (SSSR count). The zero-order valence-electron chi connectivity index (χ0n) is 7.99. The fraction of sp³-hybridized carbons (Fsp3) is 0.300. The van der Waals surface area contributed by atoms with Crippen molar-refractivity contribution in [1.82, 2.24) is 5.32 Å². The highest BCUT2D eigenvalue weighted by Gasteiger charge is 2.02. The molecule has 0 bridgehead atoms. The van der Waals surface area contributed by atoms with E-state index in [1.165, 1.54) is 12.1 Å². The number of benzene rings is 1. The van der Waals surface area contributed by atoms with E-state index in [9.17, 15) is 4.79 Å². The summed E-state index contributed by atoms with van der Waals surface area (Å²) in [6, 6.07) is 6.02. The van der Waals surface area contributed by atoms with Crippen LogP contribution in [0.1, 0.15) is 6.92 Å². The summed E-state index contributed by atoms with van der Waals surface area (Å²) in [5.74, 6) is 0.250. The van der Waals surface area contributed by atoms with Gasteiger partial charge < -0.3 is 15.2 Å². The molecule has 0 unspecified atom stereocenters. The average Bonchev–Trinajstić information content (AvgIpc) is 2.18. The number of nitrogens with one attached hydrogen (secondary N) is 1. The van der Waals surface area contributed by atoms with Crippen molar-refractivity contribution in [1.29, 1.82) is 0 Å². The SMILES string of the molecule is CCNCC(=O)Oc1ccc(O)cc1. The van der Waals surface area contributed by atoms with E-state index in [0.29, 0.717) is 5.75 Å². The predicted molar refractivity (Wildman–Crippen MR) is 52.3 cm³/mol. The quantitative estimate of drug-likeness (QED) is 0.553. The van der Waals surface area contributed by atoms with Gasteiger partial charge in [-0.2, -0.15) is 0 Å². The average molecular weight is 195 g/mol. The Morgan fingerprint density at radius 2 is 2.07 bits per heavy atom. The number of rotatable bonds is 4. The van der Waals surface area contributed by atoms with E-state index in [1.54, 1.807) is 12.1 Å². The minimum atomic E-state index is -0.336. The highest BCUT2D eigenvalue weighted by atomic mass is 16.5. The summed E-state index contributed by atoms with van der Waals surface area (Å²) in [4.78, 5) is 11.1. The van der Waals surface area contributed by atoms with E-state index in [-0.39, 0.29) is 18.3 Å². The molecule has 76 valence electrons. The van der Waals surface area contributed by atoms with Gasteiger partial charge in [0.1, 0.15) is 11.5 Å². The van der Waals surface area contributed by atoms with Crippen LogP contribution in [-0.2, 0) is 4.79 Å². The van der Waals surface area contributed by atoms with Crippen molar-refractivity contribution in [3.05, 3.63) is 24.3 Å². The van der Waals surface area contributed by atoms with E-state index < -0.39 is 0 Å². The Kier molecular flexibility index (Phi) is 3.94. The van der Waals surface area contributed by atoms with E-state index >= 15 is 0 Å². The summed E-state index contributed by atoms with van der Waals surface area (Å²) in [5.41, 5.74) is 0. The molecule has 0 aromatic heterocycles. The Balaban J connectivity index is 2.44. The molecule has 0 fully saturated rings. The fourth-order valence-corrected chi connectivity index (χ4v) is 0.909. The van der Waals surface area contributed by atoms with E-state index in [0.717, 1.165) is 6.54 Å². The first-order valence-electron chi connectivity index (χ1n) is 4.43. The maximum absolute atomic E-state index is 11.1. The van der Waals surface area contributed by atoms with Gasteiger partial charge in [0.2, 0.25) is 0 Å². The molecule has 1 aromatic rings. The van der Waals surface area contributed by atoms with Gasteiger partial charge in [-0.25, -0.2) is 0 Å². The van der Waals surface area contributed by atoms with Gasteiger partial charge >= 0.3 is 5.97 Å². The predicted octanol–water partition coefficient (Wildman–Crippen LogP) is 0.907. The van der Waals surface area contributed by atoms with Crippen LogP contribution in [0.5, 0.6) is 11.5 Å². The van der Waals surface area contributed by atoms with E-state index in [2.05, 4.69) is 5.32 Å². The fourth-order valence-electron chi connectivity index (χ4n) is 0.909. The summed E-state index contributed by atoms with van der Waals surface area (Å²) in [6.07, 6.45) is 0. The molecule has 0 heterocycles. The number of aromatic hydroxyl groups is 1. The molecule has 0 aliphatic carbocycles. The molecule has 4 heteroatoms. The lowest BCUT2D eigenvalue weighted by Crippen LogP contribution is -2.26. The van der Waals surface area contributed by atoms with Crippen LogP contribution in [0.3, 0.4) is 0 Å². The van der Waals surface area contributed by atoms with Crippen LogP contribution in [0.4, 0.5) is 0 Å². The molecule has 1 aromatic carbocycles. The molecular formula is C10H13NO3. The summed E-state index contributed by atoms with van der Waals surface area (Å²) < 4.78 is 4.96. The first kappa shape index (κ1) is 10.5. The molecule has 0 saturated carbocycles. The van der Waals surface area contributed by atoms with Crippen molar-refractivity contribution < 1.29 is 14.6 Å². The van der Waals surface area contributed by atoms with Crippen LogP contribution in [0.15, 0.2) is 24.3 Å². The summed E-state index contributed by atoms with van der Waals surface area (Å²) >= 11 is 0. The first-order chi connectivity index (χ1) is 6.72. The summed E-state index contributed by atoms with van der Waals surface area (Å²) in [6.45, 7) is 2.83. The largest absolute Gasteiger partial charge is 0.508 e. The van der Waals surface area contributed by atoms with E-state index in [1.807, 2.05) is 6.92 Å². The summed E-state index contributed by atoms with van der Waals surface area (Å²) in [5, 5.41) is 11.8. The Hall–Kier alpha value is -1.55. The molecule has 0 amide bonds. The van der Waals surface area contributed by atoms with Gasteiger partial charge in [-0.3, -0.25) is 4.79 Å². The number of carbonyl (C=O) groups excluding carboxylic acids is 1. The normalized spacial score (nSPS) is 9.79. The summed E-state index contributed by atoms with van der Waals surface area (Å²) in [7, 11) is 0. The Labute approximate surface area is 82.5 Å². The van der Waals surface area contributed by atoms with Crippen molar-refractivity contribution in [2.24, 2.45) is 0 Å². The lowest BCUT2D eigenvalue weighted by Gasteiger charge is -2.04. The van der Waals surface area contributed by atoms with Crippen molar-refractivity contribution >= 4 is 5.97 Å². The molecule has 0 radical (unpaired) electrons. The molecule has 0 aliphatic heterocycles. The topological polar surface area (TPSA) is 58.6 Å². The number of carbonyl (C=O) groups is 1. The first-order valence-corrected chi connectivity index (χ1v) is 4.43. The standard InChI is InChI=1S/C10H13NO3/c1-2-11-7-10(13)14-9-5-3-8(12)4-6-9/h3-6,11-12H,2,7H2,1H3. The van der Waals surface area contributed by atoms with Crippen LogP contribution < -0.4 is 10.1 Å². The van der Waals surface area contributed by atoms with Gasteiger partial charge in [0.15, 0.2) is 0 Å². The van der Waals surface area contributed by atoms with Gasteiger partial charge in [0.25, 0.3) is 0 Å². The maximum Gasteiger partial charge on any atom is 0.325 e. The zero-order chi connectivity index (χ0) is 10.4. The monoisotopic (exact) mass is 195 g/mol. The van der Waals surface area contributed by atoms with Gasteiger partial charge in [0.05, 0.1) is 6.54 Å². The third-order valence-corrected chi connectivity index (χ3v) is 1.59. The molecule has 0 atom stereocenters. The maximum atomic E-state index is 11.1. The molecule has 4 nitrogen and oxygen atoms in total. The number of phenolic OH excluding ortho intramolecular Hbond substituents is 1. The number of likely N-dealkylation sites (N-methyl/N-ethyl adjacent to an activating group) is 1.